The SMILES string of the molecule is CCNC(=NCCCSC)NC1CCN(Cc2ccccn2)CC1.I. The summed E-state index contributed by atoms with van der Waals surface area (Å²) in [6.07, 6.45) is 7.47. The Labute approximate surface area is 173 Å². The number of rotatable bonds is 8. The van der Waals surface area contributed by atoms with Crippen LogP contribution in [-0.2, 0) is 6.54 Å². The van der Waals surface area contributed by atoms with Crippen LogP contribution in [0.25, 0.3) is 0 Å². The molecule has 142 valence electrons. The smallest absolute Gasteiger partial charge is 0.191 e. The maximum Gasteiger partial charge on any atom is 0.191 e. The van der Waals surface area contributed by atoms with E-state index in [1.807, 2.05) is 24.0 Å². The van der Waals surface area contributed by atoms with Gasteiger partial charge in [-0.25, -0.2) is 0 Å². The molecule has 0 spiro atoms. The highest BCUT2D eigenvalue weighted by atomic mass is 127. The van der Waals surface area contributed by atoms with Crippen LogP contribution in [0.1, 0.15) is 31.9 Å². The Morgan fingerprint density at radius 2 is 2.16 bits per heavy atom. The summed E-state index contributed by atoms with van der Waals surface area (Å²) in [6, 6.07) is 6.66. The quantitative estimate of drug-likeness (QED) is 0.261. The van der Waals surface area contributed by atoms with Gasteiger partial charge >= 0.3 is 0 Å². The molecule has 0 aromatic carbocycles. The second-order valence-corrected chi connectivity index (χ2v) is 7.11. The van der Waals surface area contributed by atoms with Crippen LogP contribution in [-0.4, -0.2) is 60.1 Å². The van der Waals surface area contributed by atoms with Crippen molar-refractivity contribution in [2.45, 2.75) is 38.8 Å². The minimum absolute atomic E-state index is 0. The van der Waals surface area contributed by atoms with Gasteiger partial charge in [0.1, 0.15) is 0 Å². The van der Waals surface area contributed by atoms with Gasteiger partial charge in [-0.15, -0.1) is 24.0 Å². The normalized spacial score (nSPS) is 16.3. The van der Waals surface area contributed by atoms with Crippen LogP contribution in [0.3, 0.4) is 0 Å². The fraction of sp³-hybridized carbons (Fsp3) is 0.667. The molecule has 0 saturated carbocycles. The average molecular weight is 477 g/mol. The first kappa shape index (κ1) is 22.5. The number of aliphatic imine (C=N–C) groups is 1. The lowest BCUT2D eigenvalue weighted by molar-refractivity contribution is 0.196. The van der Waals surface area contributed by atoms with E-state index in [0.29, 0.717) is 6.04 Å². The minimum atomic E-state index is 0. The summed E-state index contributed by atoms with van der Waals surface area (Å²) in [5.41, 5.74) is 1.16. The molecule has 0 bridgehead atoms. The summed E-state index contributed by atoms with van der Waals surface area (Å²) in [7, 11) is 0. The van der Waals surface area contributed by atoms with E-state index < -0.39 is 0 Å². The van der Waals surface area contributed by atoms with Gasteiger partial charge in [-0.3, -0.25) is 14.9 Å². The molecule has 0 unspecified atom stereocenters. The van der Waals surface area contributed by atoms with Crippen molar-refractivity contribution in [3.05, 3.63) is 30.1 Å². The summed E-state index contributed by atoms with van der Waals surface area (Å²) in [5, 5.41) is 6.97. The third kappa shape index (κ3) is 9.10. The fourth-order valence-electron chi connectivity index (χ4n) is 2.87. The van der Waals surface area contributed by atoms with Gasteiger partial charge in [0.25, 0.3) is 0 Å². The summed E-state index contributed by atoms with van der Waals surface area (Å²) in [6.45, 7) is 7.10. The largest absolute Gasteiger partial charge is 0.357 e. The van der Waals surface area contributed by atoms with E-state index in [2.05, 4.69) is 50.8 Å². The van der Waals surface area contributed by atoms with Crippen LogP contribution < -0.4 is 10.6 Å². The van der Waals surface area contributed by atoms with Crippen molar-refractivity contribution >= 4 is 41.7 Å². The molecule has 0 aliphatic carbocycles. The molecule has 2 rings (SSSR count). The number of halogens is 1. The Morgan fingerprint density at radius 1 is 1.36 bits per heavy atom. The standard InChI is InChI=1S/C18H31N5S.HI/c1-3-19-18(21-11-6-14-24-2)22-16-8-12-23(13-9-16)15-17-7-4-5-10-20-17;/h4-5,7,10,16H,3,6,8-9,11-15H2,1-2H3,(H2,19,21,22);1H. The van der Waals surface area contributed by atoms with Crippen LogP contribution >= 0.6 is 35.7 Å². The monoisotopic (exact) mass is 477 g/mol. The Morgan fingerprint density at radius 3 is 2.80 bits per heavy atom. The maximum atomic E-state index is 4.69. The summed E-state index contributed by atoms with van der Waals surface area (Å²) in [4.78, 5) is 11.6. The number of nitrogens with one attached hydrogen (secondary N) is 2. The van der Waals surface area contributed by atoms with E-state index >= 15 is 0 Å². The first-order chi connectivity index (χ1) is 11.8. The zero-order valence-electron chi connectivity index (χ0n) is 15.4. The number of hydrogen-bond donors (Lipinski definition) is 2. The number of thioether (sulfide) groups is 1. The van der Waals surface area contributed by atoms with E-state index in [4.69, 9.17) is 0 Å². The van der Waals surface area contributed by atoms with Crippen LogP contribution in [0.5, 0.6) is 0 Å². The zero-order valence-corrected chi connectivity index (χ0v) is 18.6. The first-order valence-electron chi connectivity index (χ1n) is 8.98. The number of nitrogens with zero attached hydrogens (tertiary/aromatic N) is 3. The lowest BCUT2D eigenvalue weighted by atomic mass is 10.0. The maximum absolute atomic E-state index is 4.69. The van der Waals surface area contributed by atoms with E-state index in [-0.39, 0.29) is 24.0 Å². The van der Waals surface area contributed by atoms with Gasteiger partial charge in [-0.2, -0.15) is 11.8 Å². The molecular weight excluding hydrogens is 445 g/mol. The number of hydrogen-bond acceptors (Lipinski definition) is 4. The molecule has 5 nitrogen and oxygen atoms in total. The van der Waals surface area contributed by atoms with E-state index in [0.717, 1.165) is 63.6 Å². The van der Waals surface area contributed by atoms with Gasteiger partial charge in [0.15, 0.2) is 5.96 Å². The highest BCUT2D eigenvalue weighted by Gasteiger charge is 2.20. The number of aromatic nitrogens is 1. The summed E-state index contributed by atoms with van der Waals surface area (Å²) in [5.74, 6) is 2.15. The topological polar surface area (TPSA) is 52.6 Å². The lowest BCUT2D eigenvalue weighted by Crippen LogP contribution is -2.48. The first-order valence-corrected chi connectivity index (χ1v) is 10.4. The molecule has 1 fully saturated rings. The number of pyridine rings is 1. The second-order valence-electron chi connectivity index (χ2n) is 6.12. The van der Waals surface area contributed by atoms with Gasteiger partial charge < -0.3 is 10.6 Å². The van der Waals surface area contributed by atoms with Crippen LogP contribution in [0, 0.1) is 0 Å². The number of likely N-dealkylation sites (tertiary alicyclic amines) is 1. The van der Waals surface area contributed by atoms with Crippen molar-refractivity contribution in [1.29, 1.82) is 0 Å². The number of guanidine groups is 1. The molecule has 2 heterocycles. The van der Waals surface area contributed by atoms with Crippen LogP contribution in [0.15, 0.2) is 29.4 Å². The highest BCUT2D eigenvalue weighted by Crippen LogP contribution is 2.12. The molecule has 1 aliphatic heterocycles. The van der Waals surface area contributed by atoms with Crippen molar-refractivity contribution in [1.82, 2.24) is 20.5 Å². The van der Waals surface area contributed by atoms with Gasteiger partial charge in [0.05, 0.1) is 5.69 Å². The third-order valence-electron chi connectivity index (χ3n) is 4.16. The predicted octanol–water partition coefficient (Wildman–Crippen LogP) is 2.97. The molecule has 25 heavy (non-hydrogen) atoms. The van der Waals surface area contributed by atoms with Gasteiger partial charge in [-0.1, -0.05) is 6.07 Å². The molecular formula is C18H32IN5S. The average Bonchev–Trinajstić information content (AvgIpc) is 2.61. The van der Waals surface area contributed by atoms with Gasteiger partial charge in [-0.05, 0) is 50.3 Å². The van der Waals surface area contributed by atoms with Gasteiger partial charge in [0.2, 0.25) is 0 Å². The lowest BCUT2D eigenvalue weighted by Gasteiger charge is -2.32. The molecule has 0 radical (unpaired) electrons. The third-order valence-corrected chi connectivity index (χ3v) is 4.86. The van der Waals surface area contributed by atoms with Crippen molar-refractivity contribution in [3.8, 4) is 0 Å². The number of piperidine rings is 1. The van der Waals surface area contributed by atoms with Crippen molar-refractivity contribution in [2.75, 3.05) is 38.2 Å². The van der Waals surface area contributed by atoms with Crippen molar-refractivity contribution in [3.63, 3.8) is 0 Å². The summed E-state index contributed by atoms with van der Waals surface area (Å²) >= 11 is 1.88. The van der Waals surface area contributed by atoms with Crippen LogP contribution in [0.2, 0.25) is 0 Å². The molecule has 0 amide bonds. The zero-order chi connectivity index (χ0) is 17.0. The molecule has 1 aliphatic rings. The Hall–Kier alpha value is -0.540. The fourth-order valence-corrected chi connectivity index (χ4v) is 3.29. The predicted molar refractivity (Wildman–Crippen MR) is 120 cm³/mol. The van der Waals surface area contributed by atoms with E-state index in [9.17, 15) is 0 Å². The summed E-state index contributed by atoms with van der Waals surface area (Å²) < 4.78 is 0. The highest BCUT2D eigenvalue weighted by molar-refractivity contribution is 14.0. The van der Waals surface area contributed by atoms with Crippen LogP contribution in [0.4, 0.5) is 0 Å². The second kappa shape index (κ2) is 13.6. The van der Waals surface area contributed by atoms with E-state index in [1.54, 1.807) is 0 Å². The molecule has 7 heteroatoms. The molecule has 1 aromatic heterocycles. The Kier molecular flexibility index (Phi) is 12.3. The molecule has 2 N–H and O–H groups in total. The minimum Gasteiger partial charge on any atom is -0.357 e. The van der Waals surface area contributed by atoms with Gasteiger partial charge in [0, 0.05) is 45.0 Å². The molecule has 1 aromatic rings. The van der Waals surface area contributed by atoms with E-state index in [1.165, 1.54) is 5.75 Å². The molecule has 0 atom stereocenters. The Bertz CT molecular complexity index is 478. The van der Waals surface area contributed by atoms with Crippen molar-refractivity contribution in [2.24, 2.45) is 4.99 Å². The Balaban J connectivity index is 0.00000312. The molecule has 1 saturated heterocycles. The van der Waals surface area contributed by atoms with Crippen molar-refractivity contribution < 1.29 is 0 Å².